The summed E-state index contributed by atoms with van der Waals surface area (Å²) in [6.45, 7) is 4.08. The molecule has 0 saturated heterocycles. The van der Waals surface area contributed by atoms with Gasteiger partial charge in [-0.2, -0.15) is 0 Å². The molecule has 132 valence electrons. The van der Waals surface area contributed by atoms with E-state index < -0.39 is 4.92 Å². The van der Waals surface area contributed by atoms with E-state index in [9.17, 15) is 14.9 Å². The molecule has 26 heavy (non-hydrogen) atoms. The summed E-state index contributed by atoms with van der Waals surface area (Å²) >= 11 is 1.37. The average molecular weight is 367 g/mol. The third-order valence-corrected chi connectivity index (χ3v) is 4.68. The minimum Gasteiger partial charge on any atom is -0.302 e. The molecule has 0 radical (unpaired) electrons. The average Bonchev–Trinajstić information content (AvgIpc) is 3.03. The van der Waals surface area contributed by atoms with Crippen molar-refractivity contribution < 1.29 is 9.72 Å². The van der Waals surface area contributed by atoms with Crippen LogP contribution >= 0.6 is 11.3 Å². The first-order valence-electron chi connectivity index (χ1n) is 7.99. The summed E-state index contributed by atoms with van der Waals surface area (Å²) < 4.78 is 0. The van der Waals surface area contributed by atoms with Crippen molar-refractivity contribution in [3.05, 3.63) is 74.6 Å². The Balaban J connectivity index is 1.66. The van der Waals surface area contributed by atoms with Crippen molar-refractivity contribution in [2.75, 3.05) is 5.32 Å². The number of aromatic nitrogens is 1. The van der Waals surface area contributed by atoms with E-state index in [0.29, 0.717) is 10.7 Å². The second kappa shape index (κ2) is 7.45. The Morgan fingerprint density at radius 3 is 2.58 bits per heavy atom. The molecule has 0 fully saturated rings. The van der Waals surface area contributed by atoms with E-state index in [4.69, 9.17) is 0 Å². The maximum Gasteiger partial charge on any atom is 0.269 e. The van der Waals surface area contributed by atoms with Gasteiger partial charge in [-0.15, -0.1) is 11.3 Å². The van der Waals surface area contributed by atoms with Crippen LogP contribution in [0.15, 0.2) is 47.8 Å². The van der Waals surface area contributed by atoms with E-state index in [2.05, 4.69) is 16.4 Å². The van der Waals surface area contributed by atoms with E-state index in [0.717, 1.165) is 16.8 Å². The van der Waals surface area contributed by atoms with Crippen LogP contribution in [0.1, 0.15) is 16.7 Å². The molecule has 0 atom stereocenters. The molecule has 1 heterocycles. The maximum atomic E-state index is 12.2. The number of carbonyl (C=O) groups excluding carboxylic acids is 1. The van der Waals surface area contributed by atoms with Crippen LogP contribution < -0.4 is 5.32 Å². The minimum absolute atomic E-state index is 0.00666. The molecular formula is C19H17N3O3S. The number of aryl methyl sites for hydroxylation is 2. The van der Waals surface area contributed by atoms with Crippen molar-refractivity contribution >= 4 is 28.1 Å². The van der Waals surface area contributed by atoms with Gasteiger partial charge >= 0.3 is 0 Å². The smallest absolute Gasteiger partial charge is 0.269 e. The van der Waals surface area contributed by atoms with Gasteiger partial charge in [0, 0.05) is 23.1 Å². The summed E-state index contributed by atoms with van der Waals surface area (Å²) in [5.41, 5.74) is 4.92. The summed E-state index contributed by atoms with van der Waals surface area (Å²) in [5, 5.41) is 15.9. The number of carbonyl (C=O) groups is 1. The zero-order valence-corrected chi connectivity index (χ0v) is 15.2. The lowest BCUT2D eigenvalue weighted by molar-refractivity contribution is -0.384. The summed E-state index contributed by atoms with van der Waals surface area (Å²) in [6, 6.07) is 12.1. The largest absolute Gasteiger partial charge is 0.302 e. The topological polar surface area (TPSA) is 85.1 Å². The fourth-order valence-corrected chi connectivity index (χ4v) is 3.37. The van der Waals surface area contributed by atoms with Gasteiger partial charge in [0.1, 0.15) is 0 Å². The first-order valence-corrected chi connectivity index (χ1v) is 8.86. The molecule has 3 rings (SSSR count). The Morgan fingerprint density at radius 2 is 1.92 bits per heavy atom. The van der Waals surface area contributed by atoms with Crippen LogP contribution in [0.2, 0.25) is 0 Å². The summed E-state index contributed by atoms with van der Waals surface area (Å²) in [7, 11) is 0. The molecule has 7 heteroatoms. The highest BCUT2D eigenvalue weighted by atomic mass is 32.1. The molecular weight excluding hydrogens is 350 g/mol. The molecule has 3 aromatic rings. The highest BCUT2D eigenvalue weighted by Crippen LogP contribution is 2.28. The Hall–Kier alpha value is -3.06. The van der Waals surface area contributed by atoms with Crippen LogP contribution in [0.25, 0.3) is 11.3 Å². The Labute approximate surface area is 154 Å². The SMILES string of the molecule is Cc1ccc(-c2csc(NC(=O)Cc3ccc([N+](=O)[O-])cc3)n2)c(C)c1. The van der Waals surface area contributed by atoms with E-state index >= 15 is 0 Å². The van der Waals surface area contributed by atoms with Crippen molar-refractivity contribution in [1.82, 2.24) is 4.98 Å². The third kappa shape index (κ3) is 4.12. The van der Waals surface area contributed by atoms with Gasteiger partial charge in [0.2, 0.25) is 5.91 Å². The summed E-state index contributed by atoms with van der Waals surface area (Å²) in [4.78, 5) is 26.9. The highest BCUT2D eigenvalue weighted by Gasteiger charge is 2.11. The molecule has 2 aromatic carbocycles. The number of nitro groups is 1. The predicted octanol–water partition coefficient (Wildman–Crippen LogP) is 4.52. The molecule has 0 spiro atoms. The van der Waals surface area contributed by atoms with Crippen LogP contribution in [0.4, 0.5) is 10.8 Å². The van der Waals surface area contributed by atoms with Crippen molar-refractivity contribution in [2.24, 2.45) is 0 Å². The van der Waals surface area contributed by atoms with E-state index in [-0.39, 0.29) is 18.0 Å². The fraction of sp³-hybridized carbons (Fsp3) is 0.158. The molecule has 0 aliphatic heterocycles. The van der Waals surface area contributed by atoms with Crippen molar-refractivity contribution in [3.8, 4) is 11.3 Å². The standard InChI is InChI=1S/C19H17N3O3S/c1-12-3-8-16(13(2)9-12)17-11-26-19(20-17)21-18(23)10-14-4-6-15(7-5-14)22(24)25/h3-9,11H,10H2,1-2H3,(H,20,21,23). The third-order valence-electron chi connectivity index (χ3n) is 3.92. The van der Waals surface area contributed by atoms with Crippen molar-refractivity contribution in [2.45, 2.75) is 20.3 Å². The van der Waals surface area contributed by atoms with Crippen molar-refractivity contribution in [1.29, 1.82) is 0 Å². The normalized spacial score (nSPS) is 10.5. The van der Waals surface area contributed by atoms with Crippen molar-refractivity contribution in [3.63, 3.8) is 0 Å². The molecule has 6 nitrogen and oxygen atoms in total. The number of amides is 1. The van der Waals surface area contributed by atoms with E-state index in [1.165, 1.54) is 29.0 Å². The number of nitrogens with one attached hydrogen (secondary N) is 1. The Bertz CT molecular complexity index is 964. The van der Waals surface area contributed by atoms with Gasteiger partial charge in [0.05, 0.1) is 17.0 Å². The predicted molar refractivity (Wildman–Crippen MR) is 102 cm³/mol. The second-order valence-electron chi connectivity index (χ2n) is 6.00. The molecule has 0 saturated carbocycles. The number of anilines is 1. The summed E-state index contributed by atoms with van der Waals surface area (Å²) in [5.74, 6) is -0.208. The number of rotatable bonds is 5. The zero-order chi connectivity index (χ0) is 18.7. The second-order valence-corrected chi connectivity index (χ2v) is 6.86. The van der Waals surface area contributed by atoms with Crippen LogP contribution in [-0.4, -0.2) is 15.8 Å². The monoisotopic (exact) mass is 367 g/mol. The number of hydrogen-bond donors (Lipinski definition) is 1. The molecule has 1 aromatic heterocycles. The molecule has 0 aliphatic rings. The zero-order valence-electron chi connectivity index (χ0n) is 14.4. The van der Waals surface area contributed by atoms with Crippen LogP contribution in [0.3, 0.4) is 0 Å². The first kappa shape index (κ1) is 17.8. The quantitative estimate of drug-likeness (QED) is 0.531. The number of non-ortho nitro benzene ring substituents is 1. The van der Waals surface area contributed by atoms with Gasteiger partial charge in [-0.3, -0.25) is 14.9 Å². The first-order chi connectivity index (χ1) is 12.4. The van der Waals surface area contributed by atoms with Crippen LogP contribution in [0.5, 0.6) is 0 Å². The van der Waals surface area contributed by atoms with E-state index in [1.54, 1.807) is 12.1 Å². The fourth-order valence-electron chi connectivity index (χ4n) is 2.64. The van der Waals surface area contributed by atoms with Gasteiger partial charge in [0.15, 0.2) is 5.13 Å². The van der Waals surface area contributed by atoms with Gasteiger partial charge in [-0.25, -0.2) is 4.98 Å². The minimum atomic E-state index is -0.464. The number of benzene rings is 2. The molecule has 1 amide bonds. The molecule has 0 aliphatic carbocycles. The number of hydrogen-bond acceptors (Lipinski definition) is 5. The van der Waals surface area contributed by atoms with Crippen LogP contribution in [0, 0.1) is 24.0 Å². The lowest BCUT2D eigenvalue weighted by atomic mass is 10.0. The lowest BCUT2D eigenvalue weighted by Crippen LogP contribution is -2.14. The van der Waals surface area contributed by atoms with Gasteiger partial charge in [-0.05, 0) is 25.0 Å². The van der Waals surface area contributed by atoms with E-state index in [1.807, 2.05) is 31.4 Å². The van der Waals surface area contributed by atoms with Crippen LogP contribution in [-0.2, 0) is 11.2 Å². The number of nitrogens with zero attached hydrogens (tertiary/aromatic N) is 2. The van der Waals surface area contributed by atoms with Gasteiger partial charge in [0.25, 0.3) is 5.69 Å². The maximum absolute atomic E-state index is 12.2. The highest BCUT2D eigenvalue weighted by molar-refractivity contribution is 7.14. The number of nitro benzene ring substituents is 1. The molecule has 0 unspecified atom stereocenters. The Morgan fingerprint density at radius 1 is 1.19 bits per heavy atom. The summed E-state index contributed by atoms with van der Waals surface area (Å²) in [6.07, 6.45) is 0.135. The molecule has 0 bridgehead atoms. The lowest BCUT2D eigenvalue weighted by Gasteiger charge is -2.04. The van der Waals surface area contributed by atoms with Gasteiger partial charge < -0.3 is 5.32 Å². The Kier molecular flexibility index (Phi) is 5.09. The van der Waals surface area contributed by atoms with Gasteiger partial charge in [-0.1, -0.05) is 35.9 Å². The number of thiazole rings is 1. The molecule has 1 N–H and O–H groups in total.